The first kappa shape index (κ1) is 10.4. The van der Waals surface area contributed by atoms with Crippen LogP contribution in [0.25, 0.3) is 0 Å². The maximum atomic E-state index is 9.75. The summed E-state index contributed by atoms with van der Waals surface area (Å²) in [5.41, 5.74) is 0. The Morgan fingerprint density at radius 2 is 1.86 bits per heavy atom. The Bertz CT molecular complexity index is 191. The van der Waals surface area contributed by atoms with E-state index in [4.69, 9.17) is 4.74 Å². The second-order valence-electron chi connectivity index (χ2n) is 5.04. The first-order valence-corrected chi connectivity index (χ1v) is 5.95. The first-order valence-electron chi connectivity index (χ1n) is 5.95. The van der Waals surface area contributed by atoms with E-state index >= 15 is 0 Å². The monoisotopic (exact) mass is 198 g/mol. The maximum absolute atomic E-state index is 9.75. The van der Waals surface area contributed by atoms with Gasteiger partial charge in [0.05, 0.1) is 12.2 Å². The van der Waals surface area contributed by atoms with Gasteiger partial charge in [0.15, 0.2) is 0 Å². The largest absolute Gasteiger partial charge is 0.393 e. The Kier molecular flexibility index (Phi) is 3.13. The van der Waals surface area contributed by atoms with Gasteiger partial charge in [0.25, 0.3) is 0 Å². The molecular weight excluding hydrogens is 176 g/mol. The molecular formula is C12H22O2. The van der Waals surface area contributed by atoms with Crippen LogP contribution in [0.15, 0.2) is 0 Å². The van der Waals surface area contributed by atoms with Crippen LogP contribution < -0.4 is 0 Å². The van der Waals surface area contributed by atoms with E-state index in [2.05, 4.69) is 6.92 Å². The van der Waals surface area contributed by atoms with Gasteiger partial charge in [-0.15, -0.1) is 0 Å². The van der Waals surface area contributed by atoms with E-state index in [1.807, 2.05) is 7.11 Å². The van der Waals surface area contributed by atoms with Crippen molar-refractivity contribution in [1.82, 2.24) is 0 Å². The minimum absolute atomic E-state index is 0.0573. The zero-order chi connectivity index (χ0) is 10.1. The number of aliphatic hydroxyl groups excluding tert-OH is 1. The molecule has 82 valence electrons. The summed E-state index contributed by atoms with van der Waals surface area (Å²) in [6.45, 7) is 2.20. The van der Waals surface area contributed by atoms with Gasteiger partial charge in [-0.1, -0.05) is 13.3 Å². The highest BCUT2D eigenvalue weighted by Gasteiger charge is 2.41. The molecule has 0 spiro atoms. The van der Waals surface area contributed by atoms with Crippen LogP contribution in [0.4, 0.5) is 0 Å². The second-order valence-corrected chi connectivity index (χ2v) is 5.04. The van der Waals surface area contributed by atoms with E-state index < -0.39 is 0 Å². The summed E-state index contributed by atoms with van der Waals surface area (Å²) >= 11 is 0. The molecule has 2 nitrogen and oxygen atoms in total. The van der Waals surface area contributed by atoms with Gasteiger partial charge in [-0.05, 0) is 43.4 Å². The van der Waals surface area contributed by atoms with Crippen molar-refractivity contribution < 1.29 is 9.84 Å². The van der Waals surface area contributed by atoms with Crippen molar-refractivity contribution in [2.24, 2.45) is 17.8 Å². The number of methoxy groups -OCH3 is 1. The Morgan fingerprint density at radius 3 is 2.43 bits per heavy atom. The number of aliphatic hydroxyl groups is 1. The molecule has 0 heterocycles. The lowest BCUT2D eigenvalue weighted by Crippen LogP contribution is -2.28. The summed E-state index contributed by atoms with van der Waals surface area (Å²) in [7, 11) is 1.83. The summed E-state index contributed by atoms with van der Waals surface area (Å²) in [6, 6.07) is 0. The molecule has 0 aromatic heterocycles. The van der Waals surface area contributed by atoms with Crippen LogP contribution in [0.3, 0.4) is 0 Å². The van der Waals surface area contributed by atoms with E-state index in [9.17, 15) is 5.11 Å². The zero-order valence-electron chi connectivity index (χ0n) is 9.28. The van der Waals surface area contributed by atoms with Crippen LogP contribution >= 0.6 is 0 Å². The van der Waals surface area contributed by atoms with Crippen LogP contribution in [-0.2, 0) is 4.74 Å². The normalized spacial score (nSPS) is 48.6. The highest BCUT2D eigenvalue weighted by atomic mass is 16.5. The van der Waals surface area contributed by atoms with Crippen LogP contribution in [0.5, 0.6) is 0 Å². The summed E-state index contributed by atoms with van der Waals surface area (Å²) in [6.07, 6.45) is 6.44. The van der Waals surface area contributed by atoms with Gasteiger partial charge >= 0.3 is 0 Å². The lowest BCUT2D eigenvalue weighted by molar-refractivity contribution is 0.0293. The SMILES string of the molecule is COC1CCCC1C1CCC(O)C1C. The fourth-order valence-corrected chi connectivity index (χ4v) is 3.52. The van der Waals surface area contributed by atoms with E-state index in [0.29, 0.717) is 23.9 Å². The van der Waals surface area contributed by atoms with Crippen LogP contribution in [0.1, 0.15) is 39.0 Å². The van der Waals surface area contributed by atoms with Crippen molar-refractivity contribution in [2.75, 3.05) is 7.11 Å². The molecule has 2 aliphatic rings. The van der Waals surface area contributed by atoms with Gasteiger partial charge < -0.3 is 9.84 Å². The molecule has 2 fully saturated rings. The summed E-state index contributed by atoms with van der Waals surface area (Å²) in [5.74, 6) is 1.90. The van der Waals surface area contributed by atoms with Crippen LogP contribution in [0, 0.1) is 17.8 Å². The predicted octanol–water partition coefficient (Wildman–Crippen LogP) is 2.21. The second kappa shape index (κ2) is 4.19. The molecule has 1 N–H and O–H groups in total. The topological polar surface area (TPSA) is 29.5 Å². The van der Waals surface area contributed by atoms with Gasteiger partial charge in [0.1, 0.15) is 0 Å². The molecule has 0 bridgehead atoms. The van der Waals surface area contributed by atoms with E-state index in [1.165, 1.54) is 25.7 Å². The Balaban J connectivity index is 2.00. The van der Waals surface area contributed by atoms with E-state index in [0.717, 1.165) is 6.42 Å². The fourth-order valence-electron chi connectivity index (χ4n) is 3.52. The standard InChI is InChI=1S/C12H22O2/c1-8-9(6-7-11(8)13)10-4-3-5-12(10)14-2/h8-13H,3-7H2,1-2H3. The van der Waals surface area contributed by atoms with Gasteiger partial charge in [0.2, 0.25) is 0 Å². The summed E-state index contributed by atoms with van der Waals surface area (Å²) < 4.78 is 5.54. The third kappa shape index (κ3) is 1.70. The third-order valence-electron chi connectivity index (χ3n) is 4.43. The summed E-state index contributed by atoms with van der Waals surface area (Å²) in [5, 5.41) is 9.75. The van der Waals surface area contributed by atoms with Crippen molar-refractivity contribution in [3.05, 3.63) is 0 Å². The summed E-state index contributed by atoms with van der Waals surface area (Å²) in [4.78, 5) is 0. The molecule has 2 rings (SSSR count). The minimum atomic E-state index is -0.0573. The quantitative estimate of drug-likeness (QED) is 0.737. The van der Waals surface area contributed by atoms with Crippen molar-refractivity contribution in [1.29, 1.82) is 0 Å². The maximum Gasteiger partial charge on any atom is 0.0602 e. The zero-order valence-corrected chi connectivity index (χ0v) is 9.28. The van der Waals surface area contributed by atoms with Crippen LogP contribution in [0.2, 0.25) is 0 Å². The predicted molar refractivity (Wildman–Crippen MR) is 56.0 cm³/mol. The highest BCUT2D eigenvalue weighted by molar-refractivity contribution is 4.91. The molecule has 2 saturated carbocycles. The van der Waals surface area contributed by atoms with Crippen LogP contribution in [-0.4, -0.2) is 24.4 Å². The third-order valence-corrected chi connectivity index (χ3v) is 4.43. The van der Waals surface area contributed by atoms with E-state index in [-0.39, 0.29) is 6.10 Å². The smallest absolute Gasteiger partial charge is 0.0602 e. The van der Waals surface area contributed by atoms with Gasteiger partial charge in [0, 0.05) is 7.11 Å². The molecule has 0 amide bonds. The van der Waals surface area contributed by atoms with Gasteiger partial charge in [-0.2, -0.15) is 0 Å². The fraction of sp³-hybridized carbons (Fsp3) is 1.00. The average molecular weight is 198 g/mol. The molecule has 0 aromatic rings. The molecule has 0 saturated heterocycles. The van der Waals surface area contributed by atoms with Crippen molar-refractivity contribution in [3.8, 4) is 0 Å². The molecule has 0 aliphatic heterocycles. The lowest BCUT2D eigenvalue weighted by atomic mass is 9.82. The van der Waals surface area contributed by atoms with Crippen molar-refractivity contribution in [2.45, 2.75) is 51.2 Å². The van der Waals surface area contributed by atoms with E-state index in [1.54, 1.807) is 0 Å². The minimum Gasteiger partial charge on any atom is -0.393 e. The number of hydrogen-bond donors (Lipinski definition) is 1. The molecule has 0 aromatic carbocycles. The molecule has 2 heteroatoms. The number of hydrogen-bond acceptors (Lipinski definition) is 2. The van der Waals surface area contributed by atoms with Gasteiger partial charge in [-0.3, -0.25) is 0 Å². The molecule has 14 heavy (non-hydrogen) atoms. The van der Waals surface area contributed by atoms with Crippen molar-refractivity contribution >= 4 is 0 Å². The Morgan fingerprint density at radius 1 is 1.07 bits per heavy atom. The highest BCUT2D eigenvalue weighted by Crippen LogP contribution is 2.44. The average Bonchev–Trinajstić information content (AvgIpc) is 2.75. The first-order chi connectivity index (χ1) is 6.74. The van der Waals surface area contributed by atoms with Gasteiger partial charge in [-0.25, -0.2) is 0 Å². The van der Waals surface area contributed by atoms with Crippen molar-refractivity contribution in [3.63, 3.8) is 0 Å². The molecule has 5 unspecified atom stereocenters. The Hall–Kier alpha value is -0.0800. The number of rotatable bonds is 2. The molecule has 5 atom stereocenters. The molecule has 0 radical (unpaired) electrons. The lowest BCUT2D eigenvalue weighted by Gasteiger charge is -2.28. The Labute approximate surface area is 86.6 Å². The molecule has 2 aliphatic carbocycles. The number of ether oxygens (including phenoxy) is 1.